The Morgan fingerprint density at radius 2 is 1.81 bits per heavy atom. The topological polar surface area (TPSA) is 66.4 Å². The van der Waals surface area contributed by atoms with Crippen LogP contribution < -0.4 is 4.72 Å². The average molecular weight is 311 g/mol. The van der Waals surface area contributed by atoms with Gasteiger partial charge in [-0.2, -0.15) is 0 Å². The Morgan fingerprint density at radius 3 is 2.38 bits per heavy atom. The van der Waals surface area contributed by atoms with Crippen molar-refractivity contribution in [3.63, 3.8) is 0 Å². The van der Waals surface area contributed by atoms with Gasteiger partial charge < -0.3 is 5.11 Å². The van der Waals surface area contributed by atoms with Crippen LogP contribution in [0.3, 0.4) is 0 Å². The first-order valence-electron chi connectivity index (χ1n) is 7.61. The fourth-order valence-corrected chi connectivity index (χ4v) is 4.30. The molecule has 0 aliphatic heterocycles. The van der Waals surface area contributed by atoms with Gasteiger partial charge in [0, 0.05) is 6.04 Å². The predicted molar refractivity (Wildman–Crippen MR) is 83.4 cm³/mol. The minimum atomic E-state index is -3.49. The number of nitrogens with one attached hydrogen (secondary N) is 1. The lowest BCUT2D eigenvalue weighted by Crippen LogP contribution is -2.43. The Kier molecular flexibility index (Phi) is 5.07. The standard InChI is InChI=1S/C16H25NO3S/c1-11-5-4-6-16(12(11)2)17-21(19,20)15-9-7-14(8-10-15)13(3)18/h7-13,16-18H,4-6H2,1-3H3. The van der Waals surface area contributed by atoms with Crippen molar-refractivity contribution in [2.75, 3.05) is 0 Å². The molecule has 0 saturated heterocycles. The van der Waals surface area contributed by atoms with E-state index in [4.69, 9.17) is 0 Å². The van der Waals surface area contributed by atoms with E-state index in [1.807, 2.05) is 0 Å². The molecule has 0 heterocycles. The molecule has 1 fully saturated rings. The SMILES string of the molecule is CC(O)c1ccc(S(=O)(=O)NC2CCCC(C)C2C)cc1. The van der Waals surface area contributed by atoms with Crippen molar-refractivity contribution in [2.24, 2.45) is 11.8 Å². The van der Waals surface area contributed by atoms with Gasteiger partial charge in [-0.1, -0.05) is 38.8 Å². The first-order valence-corrected chi connectivity index (χ1v) is 9.10. The lowest BCUT2D eigenvalue weighted by atomic mass is 9.78. The first-order chi connectivity index (χ1) is 9.81. The first kappa shape index (κ1) is 16.5. The quantitative estimate of drug-likeness (QED) is 0.898. The fraction of sp³-hybridized carbons (Fsp3) is 0.625. The number of benzene rings is 1. The van der Waals surface area contributed by atoms with Crippen LogP contribution in [0.5, 0.6) is 0 Å². The van der Waals surface area contributed by atoms with Crippen molar-refractivity contribution in [1.29, 1.82) is 0 Å². The van der Waals surface area contributed by atoms with E-state index in [2.05, 4.69) is 18.6 Å². The molecule has 1 aromatic carbocycles. The van der Waals surface area contributed by atoms with E-state index >= 15 is 0 Å². The summed E-state index contributed by atoms with van der Waals surface area (Å²) in [4.78, 5) is 0.261. The molecular formula is C16H25NO3S. The van der Waals surface area contributed by atoms with Gasteiger partial charge in [-0.25, -0.2) is 13.1 Å². The van der Waals surface area contributed by atoms with Crippen LogP contribution in [0.15, 0.2) is 29.2 Å². The molecule has 0 aromatic heterocycles. The minimum absolute atomic E-state index is 0.00944. The molecular weight excluding hydrogens is 286 g/mol. The highest BCUT2D eigenvalue weighted by molar-refractivity contribution is 7.89. The average Bonchev–Trinajstić information content (AvgIpc) is 2.44. The van der Waals surface area contributed by atoms with Gasteiger partial charge in [-0.3, -0.25) is 0 Å². The van der Waals surface area contributed by atoms with E-state index in [1.165, 1.54) is 6.42 Å². The van der Waals surface area contributed by atoms with E-state index in [1.54, 1.807) is 31.2 Å². The number of rotatable bonds is 4. The smallest absolute Gasteiger partial charge is 0.240 e. The van der Waals surface area contributed by atoms with E-state index in [-0.39, 0.29) is 10.9 Å². The molecule has 1 saturated carbocycles. The van der Waals surface area contributed by atoms with Crippen molar-refractivity contribution in [3.8, 4) is 0 Å². The maximum atomic E-state index is 12.5. The summed E-state index contributed by atoms with van der Waals surface area (Å²) in [6.07, 6.45) is 2.55. The second kappa shape index (κ2) is 6.46. The molecule has 4 atom stereocenters. The number of aliphatic hydroxyl groups is 1. The van der Waals surface area contributed by atoms with E-state index in [0.717, 1.165) is 12.8 Å². The third kappa shape index (κ3) is 3.84. The van der Waals surface area contributed by atoms with E-state index < -0.39 is 16.1 Å². The largest absolute Gasteiger partial charge is 0.389 e. The Bertz CT molecular complexity index is 566. The molecule has 0 radical (unpaired) electrons. The van der Waals surface area contributed by atoms with Gasteiger partial charge in [0.2, 0.25) is 10.0 Å². The summed E-state index contributed by atoms with van der Waals surface area (Å²) >= 11 is 0. The molecule has 5 heteroatoms. The number of hydrogen-bond acceptors (Lipinski definition) is 3. The van der Waals surface area contributed by atoms with Crippen molar-refractivity contribution < 1.29 is 13.5 Å². The van der Waals surface area contributed by atoms with Gasteiger partial charge in [0.05, 0.1) is 11.0 Å². The molecule has 0 amide bonds. The summed E-state index contributed by atoms with van der Waals surface area (Å²) in [5, 5.41) is 9.48. The number of sulfonamides is 1. The second-order valence-electron chi connectivity index (χ2n) is 6.24. The Morgan fingerprint density at radius 1 is 1.19 bits per heavy atom. The summed E-state index contributed by atoms with van der Waals surface area (Å²) in [5.74, 6) is 0.898. The highest BCUT2D eigenvalue weighted by Gasteiger charge is 2.30. The zero-order chi connectivity index (χ0) is 15.6. The van der Waals surface area contributed by atoms with Crippen LogP contribution in [-0.2, 0) is 10.0 Å². The fourth-order valence-electron chi connectivity index (χ4n) is 2.94. The van der Waals surface area contributed by atoms with Crippen LogP contribution in [-0.4, -0.2) is 19.6 Å². The maximum Gasteiger partial charge on any atom is 0.240 e. The molecule has 1 aromatic rings. The third-order valence-corrected chi connectivity index (χ3v) is 6.19. The molecule has 4 nitrogen and oxygen atoms in total. The van der Waals surface area contributed by atoms with Gasteiger partial charge in [0.1, 0.15) is 0 Å². The number of aliphatic hydroxyl groups excluding tert-OH is 1. The molecule has 0 spiro atoms. The zero-order valence-electron chi connectivity index (χ0n) is 12.9. The highest BCUT2D eigenvalue weighted by atomic mass is 32.2. The van der Waals surface area contributed by atoms with Crippen molar-refractivity contribution in [1.82, 2.24) is 4.72 Å². The molecule has 1 aliphatic rings. The Labute approximate surface area is 127 Å². The van der Waals surface area contributed by atoms with Crippen LogP contribution in [0.1, 0.15) is 51.7 Å². The molecule has 118 valence electrons. The maximum absolute atomic E-state index is 12.5. The van der Waals surface area contributed by atoms with Gasteiger partial charge >= 0.3 is 0 Å². The monoisotopic (exact) mass is 311 g/mol. The lowest BCUT2D eigenvalue weighted by molar-refractivity contribution is 0.199. The van der Waals surface area contributed by atoms with Crippen LogP contribution in [0.2, 0.25) is 0 Å². The normalized spacial score (nSPS) is 28.3. The van der Waals surface area contributed by atoms with Crippen molar-refractivity contribution in [2.45, 2.75) is 57.1 Å². The molecule has 4 unspecified atom stereocenters. The third-order valence-electron chi connectivity index (χ3n) is 4.69. The van der Waals surface area contributed by atoms with Crippen LogP contribution in [0.25, 0.3) is 0 Å². The lowest BCUT2D eigenvalue weighted by Gasteiger charge is -2.34. The summed E-state index contributed by atoms with van der Waals surface area (Å²) in [5.41, 5.74) is 0.716. The molecule has 21 heavy (non-hydrogen) atoms. The van der Waals surface area contributed by atoms with Crippen LogP contribution in [0, 0.1) is 11.8 Å². The number of hydrogen-bond donors (Lipinski definition) is 2. The zero-order valence-corrected chi connectivity index (χ0v) is 13.7. The van der Waals surface area contributed by atoms with Crippen LogP contribution >= 0.6 is 0 Å². The molecule has 0 bridgehead atoms. The Balaban J connectivity index is 2.14. The van der Waals surface area contributed by atoms with Gasteiger partial charge in [0.25, 0.3) is 0 Å². The predicted octanol–water partition coefficient (Wildman–Crippen LogP) is 2.84. The second-order valence-corrected chi connectivity index (χ2v) is 7.95. The van der Waals surface area contributed by atoms with Crippen LogP contribution in [0.4, 0.5) is 0 Å². The Hall–Kier alpha value is -0.910. The molecule has 1 aliphatic carbocycles. The highest BCUT2D eigenvalue weighted by Crippen LogP contribution is 2.30. The summed E-state index contributed by atoms with van der Waals surface area (Å²) in [6.45, 7) is 5.96. The summed E-state index contributed by atoms with van der Waals surface area (Å²) in [7, 11) is -3.49. The van der Waals surface area contributed by atoms with Gasteiger partial charge in [0.15, 0.2) is 0 Å². The van der Waals surface area contributed by atoms with E-state index in [0.29, 0.717) is 17.4 Å². The summed E-state index contributed by atoms with van der Waals surface area (Å²) in [6, 6.07) is 6.44. The van der Waals surface area contributed by atoms with E-state index in [9.17, 15) is 13.5 Å². The van der Waals surface area contributed by atoms with Crippen molar-refractivity contribution in [3.05, 3.63) is 29.8 Å². The van der Waals surface area contributed by atoms with Gasteiger partial charge in [-0.05, 0) is 42.9 Å². The molecule has 2 rings (SSSR count). The van der Waals surface area contributed by atoms with Crippen molar-refractivity contribution >= 4 is 10.0 Å². The minimum Gasteiger partial charge on any atom is -0.389 e. The summed E-state index contributed by atoms with van der Waals surface area (Å²) < 4.78 is 27.8. The molecule has 2 N–H and O–H groups in total. The van der Waals surface area contributed by atoms with Gasteiger partial charge in [-0.15, -0.1) is 0 Å².